The van der Waals surface area contributed by atoms with Gasteiger partial charge in [0.25, 0.3) is 0 Å². The summed E-state index contributed by atoms with van der Waals surface area (Å²) in [5, 5.41) is 11.3. The third-order valence-electron chi connectivity index (χ3n) is 5.98. The molecule has 0 amide bonds. The van der Waals surface area contributed by atoms with Crippen LogP contribution in [-0.4, -0.2) is 43.6 Å². The van der Waals surface area contributed by atoms with Crippen molar-refractivity contribution in [1.29, 1.82) is 5.26 Å². The molecule has 0 saturated carbocycles. The molecule has 1 fully saturated rings. The summed E-state index contributed by atoms with van der Waals surface area (Å²) in [4.78, 5) is 0. The maximum absolute atomic E-state index is 9.54. The van der Waals surface area contributed by atoms with Gasteiger partial charge in [-0.15, -0.1) is 0 Å². The van der Waals surface area contributed by atoms with Crippen LogP contribution in [0.1, 0.15) is 16.7 Å². The van der Waals surface area contributed by atoms with Gasteiger partial charge in [0.15, 0.2) is 6.29 Å². The van der Waals surface area contributed by atoms with E-state index in [1.54, 1.807) is 7.11 Å². The van der Waals surface area contributed by atoms with E-state index in [4.69, 9.17) is 23.7 Å². The maximum atomic E-state index is 9.54. The number of thiocyanates is 1. The quantitative estimate of drug-likeness (QED) is 0.308. The van der Waals surface area contributed by atoms with Gasteiger partial charge in [0.2, 0.25) is 0 Å². The molecule has 0 aromatic heterocycles. The number of ether oxygens (including phenoxy) is 5. The summed E-state index contributed by atoms with van der Waals surface area (Å²) in [5.74, 6) is 0. The van der Waals surface area contributed by atoms with Crippen molar-refractivity contribution in [2.24, 2.45) is 0 Å². The van der Waals surface area contributed by atoms with Crippen LogP contribution < -0.4 is 0 Å². The Morgan fingerprint density at radius 2 is 1.25 bits per heavy atom. The Labute approximate surface area is 217 Å². The summed E-state index contributed by atoms with van der Waals surface area (Å²) in [6.45, 7) is 1.52. The van der Waals surface area contributed by atoms with Crippen molar-refractivity contribution in [2.45, 2.75) is 49.7 Å². The smallest absolute Gasteiger partial charge is 0.173 e. The first kappa shape index (κ1) is 26.4. The fraction of sp³-hybridized carbons (Fsp3) is 0.345. The lowest BCUT2D eigenvalue weighted by atomic mass is 10.00. The maximum Gasteiger partial charge on any atom is 0.173 e. The molecule has 3 aromatic carbocycles. The first-order chi connectivity index (χ1) is 17.8. The third-order valence-corrected chi connectivity index (χ3v) is 6.84. The molecule has 0 N–H and O–H groups in total. The molecule has 0 unspecified atom stereocenters. The summed E-state index contributed by atoms with van der Waals surface area (Å²) in [6, 6.07) is 29.9. The van der Waals surface area contributed by atoms with Gasteiger partial charge in [-0.25, -0.2) is 0 Å². The second-order valence-electron chi connectivity index (χ2n) is 8.48. The lowest BCUT2D eigenvalue weighted by Crippen LogP contribution is -2.59. The highest BCUT2D eigenvalue weighted by atomic mass is 32.2. The molecule has 1 saturated heterocycles. The summed E-state index contributed by atoms with van der Waals surface area (Å²) in [6.07, 6.45) is -2.01. The first-order valence-electron chi connectivity index (χ1n) is 11.9. The van der Waals surface area contributed by atoms with Crippen molar-refractivity contribution < 1.29 is 23.7 Å². The summed E-state index contributed by atoms with van der Waals surface area (Å²) < 4.78 is 30.9. The fourth-order valence-electron chi connectivity index (χ4n) is 4.18. The molecule has 7 heteroatoms. The van der Waals surface area contributed by atoms with Crippen LogP contribution in [0.4, 0.5) is 0 Å². The second kappa shape index (κ2) is 14.1. The Morgan fingerprint density at radius 1 is 0.750 bits per heavy atom. The van der Waals surface area contributed by atoms with E-state index in [1.807, 2.05) is 91.0 Å². The fourth-order valence-corrected chi connectivity index (χ4v) is 4.96. The van der Waals surface area contributed by atoms with Crippen molar-refractivity contribution in [1.82, 2.24) is 0 Å². The molecule has 1 heterocycles. The van der Waals surface area contributed by atoms with Crippen molar-refractivity contribution in [2.75, 3.05) is 13.7 Å². The number of nitriles is 1. The monoisotopic (exact) mass is 505 g/mol. The van der Waals surface area contributed by atoms with Gasteiger partial charge in [0, 0.05) is 7.11 Å². The van der Waals surface area contributed by atoms with Gasteiger partial charge >= 0.3 is 0 Å². The Bertz CT molecular complexity index is 1060. The predicted molar refractivity (Wildman–Crippen MR) is 139 cm³/mol. The van der Waals surface area contributed by atoms with E-state index < -0.39 is 29.9 Å². The van der Waals surface area contributed by atoms with Crippen LogP contribution in [0.25, 0.3) is 0 Å². The third kappa shape index (κ3) is 7.40. The molecule has 0 radical (unpaired) electrons. The van der Waals surface area contributed by atoms with E-state index in [2.05, 4.69) is 5.40 Å². The van der Waals surface area contributed by atoms with E-state index in [0.29, 0.717) is 26.4 Å². The molecular formula is C29H31NO5S. The predicted octanol–water partition coefficient (Wildman–Crippen LogP) is 5.33. The second-order valence-corrected chi connectivity index (χ2v) is 9.44. The SMILES string of the molecule is CO[C@H]1O[C@H](COCc2ccccc2)[C@H](OCc2ccccc2)[C@H](OCc2ccccc2)[C@@H]1SC#N. The van der Waals surface area contributed by atoms with Crippen LogP contribution in [0.5, 0.6) is 0 Å². The van der Waals surface area contributed by atoms with E-state index in [-0.39, 0.29) is 0 Å². The average molecular weight is 506 g/mol. The highest BCUT2D eigenvalue weighted by molar-refractivity contribution is 8.04. The normalized spacial score (nSPS) is 23.7. The zero-order valence-corrected chi connectivity index (χ0v) is 21.1. The molecule has 36 heavy (non-hydrogen) atoms. The summed E-state index contributed by atoms with van der Waals surface area (Å²) in [5.41, 5.74) is 3.16. The molecule has 5 atom stereocenters. The molecule has 6 nitrogen and oxygen atoms in total. The number of hydrogen-bond donors (Lipinski definition) is 0. The highest BCUT2D eigenvalue weighted by Crippen LogP contribution is 2.35. The summed E-state index contributed by atoms with van der Waals surface area (Å²) >= 11 is 1.09. The Morgan fingerprint density at radius 3 is 1.75 bits per heavy atom. The van der Waals surface area contributed by atoms with Gasteiger partial charge in [0.1, 0.15) is 23.7 Å². The number of thioether (sulfide) groups is 1. The van der Waals surface area contributed by atoms with Crippen molar-refractivity contribution in [3.8, 4) is 5.40 Å². The number of rotatable bonds is 12. The lowest BCUT2D eigenvalue weighted by molar-refractivity contribution is -0.268. The van der Waals surface area contributed by atoms with E-state index in [0.717, 1.165) is 28.5 Å². The van der Waals surface area contributed by atoms with Gasteiger partial charge in [0.05, 0.1) is 31.7 Å². The topological polar surface area (TPSA) is 69.9 Å². The van der Waals surface area contributed by atoms with E-state index in [1.165, 1.54) is 0 Å². The van der Waals surface area contributed by atoms with Crippen LogP contribution in [0.3, 0.4) is 0 Å². The zero-order valence-electron chi connectivity index (χ0n) is 20.3. The Kier molecular flexibility index (Phi) is 10.4. The molecule has 1 aliphatic heterocycles. The first-order valence-corrected chi connectivity index (χ1v) is 12.8. The van der Waals surface area contributed by atoms with E-state index >= 15 is 0 Å². The lowest BCUT2D eigenvalue weighted by Gasteiger charge is -2.44. The minimum absolute atomic E-state index is 0.295. The largest absolute Gasteiger partial charge is 0.374 e. The highest BCUT2D eigenvalue weighted by Gasteiger charge is 2.48. The molecule has 1 aliphatic rings. The van der Waals surface area contributed by atoms with Crippen LogP contribution in [-0.2, 0) is 43.5 Å². The van der Waals surface area contributed by atoms with Crippen molar-refractivity contribution in [3.05, 3.63) is 108 Å². The number of hydrogen-bond acceptors (Lipinski definition) is 7. The molecule has 4 rings (SSSR count). The van der Waals surface area contributed by atoms with Gasteiger partial charge < -0.3 is 23.7 Å². The number of nitrogens with zero attached hydrogens (tertiary/aromatic N) is 1. The molecule has 3 aromatic rings. The Hall–Kier alpha value is -2.70. The van der Waals surface area contributed by atoms with E-state index in [9.17, 15) is 5.26 Å². The van der Waals surface area contributed by atoms with Crippen molar-refractivity contribution in [3.63, 3.8) is 0 Å². The standard InChI is InChI=1S/C29H31NO5S/c1-31-29-28(36-21-30)27(34-19-24-15-9-4-10-16-24)26(33-18-23-13-7-3-8-14-23)25(35-29)20-32-17-22-11-5-2-6-12-22/h2-16,25-29H,17-20H2,1H3/t25-,26+,27+,28+,29+/m1/s1. The molecular weight excluding hydrogens is 474 g/mol. The van der Waals surface area contributed by atoms with Crippen LogP contribution >= 0.6 is 11.8 Å². The average Bonchev–Trinajstić information content (AvgIpc) is 2.93. The van der Waals surface area contributed by atoms with Crippen LogP contribution in [0.15, 0.2) is 91.0 Å². The molecule has 0 aliphatic carbocycles. The van der Waals surface area contributed by atoms with Crippen LogP contribution in [0.2, 0.25) is 0 Å². The zero-order chi connectivity index (χ0) is 25.0. The van der Waals surface area contributed by atoms with Gasteiger partial charge in [-0.2, -0.15) is 5.26 Å². The van der Waals surface area contributed by atoms with Gasteiger partial charge in [-0.05, 0) is 28.5 Å². The molecule has 0 bridgehead atoms. The minimum atomic E-state index is -0.641. The minimum Gasteiger partial charge on any atom is -0.374 e. The number of methoxy groups -OCH3 is 1. The van der Waals surface area contributed by atoms with Gasteiger partial charge in [-0.3, -0.25) is 0 Å². The molecule has 0 spiro atoms. The summed E-state index contributed by atoms with van der Waals surface area (Å²) in [7, 11) is 1.58. The van der Waals surface area contributed by atoms with Crippen molar-refractivity contribution >= 4 is 11.8 Å². The van der Waals surface area contributed by atoms with Crippen LogP contribution in [0, 0.1) is 10.7 Å². The Balaban J connectivity index is 1.54. The number of benzene rings is 3. The molecule has 188 valence electrons. The van der Waals surface area contributed by atoms with Gasteiger partial charge in [-0.1, -0.05) is 91.0 Å².